The Balaban J connectivity index is 2.76. The van der Waals surface area contributed by atoms with Gasteiger partial charge in [-0.3, -0.25) is 4.79 Å². The molecular weight excluding hydrogens is 407 g/mol. The summed E-state index contributed by atoms with van der Waals surface area (Å²) in [5, 5.41) is 14.9. The summed E-state index contributed by atoms with van der Waals surface area (Å²) in [5.74, 6) is -0.948. The molecule has 0 aromatic heterocycles. The molecule has 2 amide bonds. The Morgan fingerprint density at radius 2 is 2.00 bits per heavy atom. The first-order valence-corrected chi connectivity index (χ1v) is 7.79. The number of hydrogen-bond donors (Lipinski definition) is 3. The summed E-state index contributed by atoms with van der Waals surface area (Å²) in [6.07, 6.45) is -0.130. The Hall–Kier alpha value is -1.02. The number of carboxylic acids is 1. The van der Waals surface area contributed by atoms with E-state index in [-0.39, 0.29) is 11.8 Å². The fourth-order valence-corrected chi connectivity index (χ4v) is 2.66. The number of hydrogen-bond acceptors (Lipinski definition) is 2. The molecule has 5 nitrogen and oxygen atoms in total. The Morgan fingerprint density at radius 1 is 1.38 bits per heavy atom. The number of rotatable bonds is 4. The third-order valence-electron chi connectivity index (χ3n) is 2.91. The summed E-state index contributed by atoms with van der Waals surface area (Å²) in [6.45, 7) is 5.65. The molecule has 0 aliphatic carbocycles. The molecule has 0 bridgehead atoms. The summed E-state index contributed by atoms with van der Waals surface area (Å²) < 4.78 is 0.806. The van der Waals surface area contributed by atoms with Crippen LogP contribution in [0.4, 0.5) is 10.5 Å². The number of aliphatic carboxylic acids is 1. The third-order valence-corrected chi connectivity index (χ3v) is 4.04. The lowest BCUT2D eigenvalue weighted by Gasteiger charge is -2.30. The predicted octanol–water partition coefficient (Wildman–Crippen LogP) is 3.96. The van der Waals surface area contributed by atoms with Crippen LogP contribution in [-0.4, -0.2) is 23.1 Å². The summed E-state index contributed by atoms with van der Waals surface area (Å²) in [6, 6.07) is 4.21. The van der Waals surface area contributed by atoms with Gasteiger partial charge >= 0.3 is 12.0 Å². The SMILES string of the molecule is CC(C)(C)C(CC(=O)O)NC(=O)Nc1ccc(Cl)cc1I. The first-order valence-electron chi connectivity index (χ1n) is 6.34. The zero-order valence-corrected chi connectivity index (χ0v) is 14.9. The smallest absolute Gasteiger partial charge is 0.319 e. The molecule has 0 saturated heterocycles. The number of anilines is 1. The highest BCUT2D eigenvalue weighted by Crippen LogP contribution is 2.24. The van der Waals surface area contributed by atoms with Crippen molar-refractivity contribution in [1.29, 1.82) is 0 Å². The fraction of sp³-hybridized carbons (Fsp3) is 0.429. The van der Waals surface area contributed by atoms with Gasteiger partial charge in [0, 0.05) is 14.6 Å². The van der Waals surface area contributed by atoms with Crippen molar-refractivity contribution in [2.24, 2.45) is 5.41 Å². The maximum absolute atomic E-state index is 12.0. The Morgan fingerprint density at radius 3 is 2.48 bits per heavy atom. The van der Waals surface area contributed by atoms with Crippen LogP contribution in [0.25, 0.3) is 0 Å². The van der Waals surface area contributed by atoms with Gasteiger partial charge in [0.1, 0.15) is 0 Å². The minimum Gasteiger partial charge on any atom is -0.481 e. The van der Waals surface area contributed by atoms with Crippen LogP contribution in [0.5, 0.6) is 0 Å². The van der Waals surface area contributed by atoms with Gasteiger partial charge in [-0.1, -0.05) is 32.4 Å². The van der Waals surface area contributed by atoms with E-state index in [9.17, 15) is 9.59 Å². The first-order chi connectivity index (χ1) is 9.59. The van der Waals surface area contributed by atoms with E-state index in [1.165, 1.54) is 0 Å². The van der Waals surface area contributed by atoms with Gasteiger partial charge in [0.25, 0.3) is 0 Å². The van der Waals surface area contributed by atoms with Gasteiger partial charge in [0.15, 0.2) is 0 Å². The average Bonchev–Trinajstić information content (AvgIpc) is 2.30. The third kappa shape index (κ3) is 6.09. The molecule has 0 radical (unpaired) electrons. The number of benzene rings is 1. The van der Waals surface area contributed by atoms with Gasteiger partial charge in [0.05, 0.1) is 12.1 Å². The van der Waals surface area contributed by atoms with Crippen LogP contribution >= 0.6 is 34.2 Å². The molecule has 1 aromatic carbocycles. The van der Waals surface area contributed by atoms with Crippen molar-refractivity contribution in [3.63, 3.8) is 0 Å². The van der Waals surface area contributed by atoms with E-state index in [1.807, 2.05) is 20.8 Å². The molecule has 7 heteroatoms. The molecule has 0 fully saturated rings. The lowest BCUT2D eigenvalue weighted by atomic mass is 9.85. The molecule has 0 aliphatic heterocycles. The number of amides is 2. The lowest BCUT2D eigenvalue weighted by Crippen LogP contribution is -2.46. The Kier molecular flexibility index (Phi) is 6.27. The van der Waals surface area contributed by atoms with Gasteiger partial charge in [-0.15, -0.1) is 0 Å². The highest BCUT2D eigenvalue weighted by Gasteiger charge is 2.28. The molecule has 0 saturated carbocycles. The number of carbonyl (C=O) groups is 2. The van der Waals surface area contributed by atoms with Gasteiger partial charge in [-0.05, 0) is 46.2 Å². The minimum absolute atomic E-state index is 0.130. The van der Waals surface area contributed by atoms with Crippen molar-refractivity contribution in [2.45, 2.75) is 33.2 Å². The van der Waals surface area contributed by atoms with Crippen molar-refractivity contribution in [3.8, 4) is 0 Å². The summed E-state index contributed by atoms with van der Waals surface area (Å²) in [4.78, 5) is 22.9. The van der Waals surface area contributed by atoms with E-state index >= 15 is 0 Å². The molecule has 0 aliphatic rings. The van der Waals surface area contributed by atoms with Crippen molar-refractivity contribution < 1.29 is 14.7 Å². The molecule has 116 valence electrons. The molecule has 0 heterocycles. The zero-order valence-electron chi connectivity index (χ0n) is 12.0. The van der Waals surface area contributed by atoms with E-state index in [2.05, 4.69) is 33.2 Å². The first kappa shape index (κ1) is 18.0. The Bertz CT molecular complexity index is 544. The van der Waals surface area contributed by atoms with Crippen LogP contribution < -0.4 is 10.6 Å². The van der Waals surface area contributed by atoms with E-state index in [4.69, 9.17) is 16.7 Å². The summed E-state index contributed by atoms with van der Waals surface area (Å²) in [7, 11) is 0. The van der Waals surface area contributed by atoms with E-state index in [0.29, 0.717) is 10.7 Å². The summed E-state index contributed by atoms with van der Waals surface area (Å²) >= 11 is 7.92. The standard InChI is InChI=1S/C14H18ClIN2O3/c1-14(2,3)11(7-12(19)20)18-13(21)17-10-5-4-8(15)6-9(10)16/h4-6,11H,7H2,1-3H3,(H,19,20)(H2,17,18,21). The van der Waals surface area contributed by atoms with Crippen LogP contribution in [0, 0.1) is 8.99 Å². The van der Waals surface area contributed by atoms with Crippen LogP contribution in [0.1, 0.15) is 27.2 Å². The molecular formula is C14H18ClIN2O3. The van der Waals surface area contributed by atoms with E-state index in [1.54, 1.807) is 18.2 Å². The van der Waals surface area contributed by atoms with E-state index < -0.39 is 18.0 Å². The van der Waals surface area contributed by atoms with Gasteiger partial charge < -0.3 is 15.7 Å². The zero-order chi connectivity index (χ0) is 16.2. The maximum Gasteiger partial charge on any atom is 0.319 e. The molecule has 1 aromatic rings. The number of halogens is 2. The highest BCUT2D eigenvalue weighted by molar-refractivity contribution is 14.1. The number of nitrogens with one attached hydrogen (secondary N) is 2. The average molecular weight is 425 g/mol. The van der Waals surface area contributed by atoms with E-state index in [0.717, 1.165) is 3.57 Å². The van der Waals surface area contributed by atoms with Crippen LogP contribution in [0.3, 0.4) is 0 Å². The largest absolute Gasteiger partial charge is 0.481 e. The van der Waals surface area contributed by atoms with Gasteiger partial charge in [-0.2, -0.15) is 0 Å². The maximum atomic E-state index is 12.0. The quantitative estimate of drug-likeness (QED) is 0.640. The molecule has 1 atom stereocenters. The van der Waals surface area contributed by atoms with Gasteiger partial charge in [-0.25, -0.2) is 4.79 Å². The Labute approximate surface area is 142 Å². The van der Waals surface area contributed by atoms with Crippen LogP contribution in [0.2, 0.25) is 5.02 Å². The van der Waals surface area contributed by atoms with Crippen molar-refractivity contribution in [3.05, 3.63) is 26.8 Å². The van der Waals surface area contributed by atoms with Gasteiger partial charge in [0.2, 0.25) is 0 Å². The fourth-order valence-electron chi connectivity index (χ4n) is 1.66. The molecule has 1 rings (SSSR count). The second kappa shape index (κ2) is 7.31. The predicted molar refractivity (Wildman–Crippen MR) is 91.8 cm³/mol. The highest BCUT2D eigenvalue weighted by atomic mass is 127. The topological polar surface area (TPSA) is 78.4 Å². The number of carbonyl (C=O) groups excluding carboxylic acids is 1. The number of urea groups is 1. The molecule has 21 heavy (non-hydrogen) atoms. The van der Waals surface area contributed by atoms with Crippen molar-refractivity contribution in [1.82, 2.24) is 5.32 Å². The van der Waals surface area contributed by atoms with Crippen molar-refractivity contribution in [2.75, 3.05) is 5.32 Å². The monoisotopic (exact) mass is 424 g/mol. The van der Waals surface area contributed by atoms with Crippen LogP contribution in [-0.2, 0) is 4.79 Å². The second-order valence-corrected chi connectivity index (χ2v) is 7.34. The molecule has 0 spiro atoms. The minimum atomic E-state index is -0.948. The van der Waals surface area contributed by atoms with Crippen molar-refractivity contribution >= 4 is 51.9 Å². The molecule has 3 N–H and O–H groups in total. The lowest BCUT2D eigenvalue weighted by molar-refractivity contribution is -0.138. The summed E-state index contributed by atoms with van der Waals surface area (Å²) in [5.41, 5.74) is 0.267. The number of carboxylic acid groups (broad SMARTS) is 1. The van der Waals surface area contributed by atoms with Crippen LogP contribution in [0.15, 0.2) is 18.2 Å². The molecule has 1 unspecified atom stereocenters. The second-order valence-electron chi connectivity index (χ2n) is 5.74. The normalized spacial score (nSPS) is 12.6.